The summed E-state index contributed by atoms with van der Waals surface area (Å²) < 4.78 is 0. The number of piperidine rings is 1. The SMILES string of the molecule is CC1CCCN(Cc2cnc(N)cn2)C1C. The fraction of sp³-hybridized carbons (Fsp3) is 0.667. The molecule has 0 aromatic carbocycles. The van der Waals surface area contributed by atoms with Gasteiger partial charge in [-0.2, -0.15) is 0 Å². The molecular formula is C12H20N4. The summed E-state index contributed by atoms with van der Waals surface area (Å²) in [4.78, 5) is 10.9. The predicted molar refractivity (Wildman–Crippen MR) is 64.7 cm³/mol. The Morgan fingerprint density at radius 1 is 1.38 bits per heavy atom. The van der Waals surface area contributed by atoms with Crippen molar-refractivity contribution in [3.05, 3.63) is 18.1 Å². The van der Waals surface area contributed by atoms with Crippen molar-refractivity contribution in [2.24, 2.45) is 5.92 Å². The average molecular weight is 220 g/mol. The van der Waals surface area contributed by atoms with Crippen LogP contribution < -0.4 is 5.73 Å². The third-order valence-electron chi connectivity index (χ3n) is 3.59. The van der Waals surface area contributed by atoms with Crippen molar-refractivity contribution in [3.63, 3.8) is 0 Å². The van der Waals surface area contributed by atoms with Crippen LogP contribution in [-0.4, -0.2) is 27.5 Å². The van der Waals surface area contributed by atoms with Crippen molar-refractivity contribution in [1.82, 2.24) is 14.9 Å². The minimum Gasteiger partial charge on any atom is -0.382 e. The molecule has 2 heterocycles. The first kappa shape index (κ1) is 11.3. The Morgan fingerprint density at radius 3 is 2.88 bits per heavy atom. The van der Waals surface area contributed by atoms with Gasteiger partial charge in [-0.1, -0.05) is 6.92 Å². The quantitative estimate of drug-likeness (QED) is 0.824. The zero-order chi connectivity index (χ0) is 11.5. The molecule has 2 rings (SSSR count). The number of rotatable bonds is 2. The summed E-state index contributed by atoms with van der Waals surface area (Å²) in [6, 6.07) is 0.633. The smallest absolute Gasteiger partial charge is 0.141 e. The molecule has 2 N–H and O–H groups in total. The normalized spacial score (nSPS) is 26.9. The molecule has 4 nitrogen and oxygen atoms in total. The van der Waals surface area contributed by atoms with Gasteiger partial charge >= 0.3 is 0 Å². The number of aromatic nitrogens is 2. The highest BCUT2D eigenvalue weighted by atomic mass is 15.2. The van der Waals surface area contributed by atoms with E-state index in [0.29, 0.717) is 11.9 Å². The maximum absolute atomic E-state index is 5.52. The molecule has 1 fully saturated rings. The Labute approximate surface area is 96.9 Å². The lowest BCUT2D eigenvalue weighted by Gasteiger charge is -2.37. The Balaban J connectivity index is 2.00. The second-order valence-electron chi connectivity index (χ2n) is 4.76. The van der Waals surface area contributed by atoms with Gasteiger partial charge in [0, 0.05) is 12.6 Å². The standard InChI is InChI=1S/C12H20N4/c1-9-4-3-5-16(10(9)2)8-11-6-15-12(13)7-14-11/h6-7,9-10H,3-5,8H2,1-2H3,(H2,13,15). The van der Waals surface area contributed by atoms with Gasteiger partial charge in [0.25, 0.3) is 0 Å². The fourth-order valence-corrected chi connectivity index (χ4v) is 2.30. The molecule has 0 spiro atoms. The van der Waals surface area contributed by atoms with E-state index in [-0.39, 0.29) is 0 Å². The lowest BCUT2D eigenvalue weighted by atomic mass is 9.92. The van der Waals surface area contributed by atoms with E-state index in [4.69, 9.17) is 5.73 Å². The second kappa shape index (κ2) is 4.78. The number of likely N-dealkylation sites (tertiary alicyclic amines) is 1. The summed E-state index contributed by atoms with van der Waals surface area (Å²) >= 11 is 0. The van der Waals surface area contributed by atoms with Gasteiger partial charge < -0.3 is 5.73 Å². The molecule has 0 aliphatic carbocycles. The van der Waals surface area contributed by atoms with Crippen LogP contribution in [0.2, 0.25) is 0 Å². The average Bonchev–Trinajstić information content (AvgIpc) is 2.28. The molecule has 2 atom stereocenters. The van der Waals surface area contributed by atoms with E-state index in [2.05, 4.69) is 28.7 Å². The van der Waals surface area contributed by atoms with Gasteiger partial charge in [-0.25, -0.2) is 4.98 Å². The number of nitrogens with zero attached hydrogens (tertiary/aromatic N) is 3. The molecule has 0 saturated carbocycles. The van der Waals surface area contributed by atoms with Crippen molar-refractivity contribution < 1.29 is 0 Å². The van der Waals surface area contributed by atoms with Crippen molar-refractivity contribution in [2.75, 3.05) is 12.3 Å². The van der Waals surface area contributed by atoms with Gasteiger partial charge in [-0.05, 0) is 32.2 Å². The van der Waals surface area contributed by atoms with Gasteiger partial charge in [0.1, 0.15) is 5.82 Å². The van der Waals surface area contributed by atoms with Crippen molar-refractivity contribution in [2.45, 2.75) is 39.3 Å². The van der Waals surface area contributed by atoms with Crippen LogP contribution in [0.5, 0.6) is 0 Å². The van der Waals surface area contributed by atoms with Crippen LogP contribution in [0, 0.1) is 5.92 Å². The van der Waals surface area contributed by atoms with Gasteiger partial charge in [0.2, 0.25) is 0 Å². The third-order valence-corrected chi connectivity index (χ3v) is 3.59. The summed E-state index contributed by atoms with van der Waals surface area (Å²) in [5.74, 6) is 1.26. The molecule has 0 bridgehead atoms. The molecule has 1 aliphatic rings. The molecule has 2 unspecified atom stereocenters. The summed E-state index contributed by atoms with van der Waals surface area (Å²) in [7, 11) is 0. The third kappa shape index (κ3) is 2.50. The first-order chi connectivity index (χ1) is 7.66. The minimum atomic E-state index is 0.490. The summed E-state index contributed by atoms with van der Waals surface area (Å²) in [6.07, 6.45) is 6.04. The zero-order valence-corrected chi connectivity index (χ0v) is 10.1. The molecule has 1 aromatic rings. The number of nitrogen functional groups attached to an aromatic ring is 1. The van der Waals surface area contributed by atoms with Crippen molar-refractivity contribution >= 4 is 5.82 Å². The Morgan fingerprint density at radius 2 is 2.19 bits per heavy atom. The second-order valence-corrected chi connectivity index (χ2v) is 4.76. The maximum Gasteiger partial charge on any atom is 0.141 e. The van der Waals surface area contributed by atoms with E-state index < -0.39 is 0 Å². The Bertz CT molecular complexity index is 335. The first-order valence-corrected chi connectivity index (χ1v) is 5.97. The number of hydrogen-bond acceptors (Lipinski definition) is 4. The van der Waals surface area contributed by atoms with Crippen LogP contribution in [0.3, 0.4) is 0 Å². The first-order valence-electron chi connectivity index (χ1n) is 5.97. The summed E-state index contributed by atoms with van der Waals surface area (Å²) in [5, 5.41) is 0. The van der Waals surface area contributed by atoms with Gasteiger partial charge in [-0.3, -0.25) is 9.88 Å². The van der Waals surface area contributed by atoms with Crippen LogP contribution in [-0.2, 0) is 6.54 Å². The minimum absolute atomic E-state index is 0.490. The molecule has 1 aliphatic heterocycles. The van der Waals surface area contributed by atoms with E-state index >= 15 is 0 Å². The number of anilines is 1. The van der Waals surface area contributed by atoms with Crippen LogP contribution in [0.15, 0.2) is 12.4 Å². The zero-order valence-electron chi connectivity index (χ0n) is 10.1. The van der Waals surface area contributed by atoms with Gasteiger partial charge in [-0.15, -0.1) is 0 Å². The largest absolute Gasteiger partial charge is 0.382 e. The van der Waals surface area contributed by atoms with Gasteiger partial charge in [0.15, 0.2) is 0 Å². The molecule has 16 heavy (non-hydrogen) atoms. The summed E-state index contributed by atoms with van der Waals surface area (Å²) in [6.45, 7) is 6.68. The molecule has 88 valence electrons. The van der Waals surface area contributed by atoms with Crippen LogP contribution >= 0.6 is 0 Å². The predicted octanol–water partition coefficient (Wildman–Crippen LogP) is 1.68. The highest BCUT2D eigenvalue weighted by Crippen LogP contribution is 2.23. The molecule has 1 saturated heterocycles. The molecule has 0 radical (unpaired) electrons. The topological polar surface area (TPSA) is 55.0 Å². The molecular weight excluding hydrogens is 200 g/mol. The lowest BCUT2D eigenvalue weighted by Crippen LogP contribution is -2.41. The Hall–Kier alpha value is -1.16. The number of hydrogen-bond donors (Lipinski definition) is 1. The number of nitrogens with two attached hydrogens (primary N) is 1. The van der Waals surface area contributed by atoms with Gasteiger partial charge in [0.05, 0.1) is 18.1 Å². The van der Waals surface area contributed by atoms with E-state index in [9.17, 15) is 0 Å². The van der Waals surface area contributed by atoms with E-state index in [1.54, 1.807) is 12.4 Å². The fourth-order valence-electron chi connectivity index (χ4n) is 2.30. The highest BCUT2D eigenvalue weighted by Gasteiger charge is 2.24. The maximum atomic E-state index is 5.52. The Kier molecular flexibility index (Phi) is 3.39. The van der Waals surface area contributed by atoms with Crippen molar-refractivity contribution in [1.29, 1.82) is 0 Å². The van der Waals surface area contributed by atoms with Crippen molar-refractivity contribution in [3.8, 4) is 0 Å². The monoisotopic (exact) mass is 220 g/mol. The van der Waals surface area contributed by atoms with E-state index in [1.165, 1.54) is 12.8 Å². The molecule has 0 amide bonds. The molecule has 4 heteroatoms. The van der Waals surface area contributed by atoms with E-state index in [0.717, 1.165) is 24.7 Å². The molecule has 1 aromatic heterocycles. The lowest BCUT2D eigenvalue weighted by molar-refractivity contribution is 0.105. The van der Waals surface area contributed by atoms with Crippen LogP contribution in [0.25, 0.3) is 0 Å². The highest BCUT2D eigenvalue weighted by molar-refractivity contribution is 5.22. The van der Waals surface area contributed by atoms with Crippen LogP contribution in [0.4, 0.5) is 5.82 Å². The van der Waals surface area contributed by atoms with Crippen LogP contribution in [0.1, 0.15) is 32.4 Å². The summed E-state index contributed by atoms with van der Waals surface area (Å²) in [5.41, 5.74) is 6.53. The van der Waals surface area contributed by atoms with E-state index in [1.807, 2.05) is 0 Å².